The summed E-state index contributed by atoms with van der Waals surface area (Å²) < 4.78 is 5.53. The van der Waals surface area contributed by atoms with Gasteiger partial charge in [-0.05, 0) is 30.0 Å². The Bertz CT molecular complexity index is 584. The van der Waals surface area contributed by atoms with Gasteiger partial charge in [-0.25, -0.2) is 4.79 Å². The lowest BCUT2D eigenvalue weighted by Crippen LogP contribution is -2.50. The summed E-state index contributed by atoms with van der Waals surface area (Å²) in [6, 6.07) is 7.46. The van der Waals surface area contributed by atoms with Crippen molar-refractivity contribution in [2.75, 3.05) is 39.2 Å². The molecule has 1 saturated heterocycles. The number of carbonyl (C=O) groups excluding carboxylic acids is 2. The molecule has 1 unspecified atom stereocenters. The van der Waals surface area contributed by atoms with E-state index in [2.05, 4.69) is 19.2 Å². The van der Waals surface area contributed by atoms with Crippen LogP contribution in [0, 0.1) is 5.92 Å². The van der Waals surface area contributed by atoms with Gasteiger partial charge in [-0.1, -0.05) is 26.0 Å². The molecule has 2 rings (SSSR count). The van der Waals surface area contributed by atoms with Crippen LogP contribution in [-0.2, 0) is 16.0 Å². The van der Waals surface area contributed by atoms with Crippen LogP contribution in [-0.4, -0.2) is 61.6 Å². The molecule has 6 heteroatoms. The number of likely N-dealkylation sites (N-methyl/N-ethyl adjacent to an activating group) is 1. The van der Waals surface area contributed by atoms with Crippen LogP contribution in [0.25, 0.3) is 0 Å². The molecule has 1 aliphatic rings. The third-order valence-corrected chi connectivity index (χ3v) is 4.29. The zero-order valence-electron chi connectivity index (χ0n) is 15.6. The van der Waals surface area contributed by atoms with E-state index in [0.717, 1.165) is 17.7 Å². The summed E-state index contributed by atoms with van der Waals surface area (Å²) >= 11 is 0. The average molecular weight is 347 g/mol. The van der Waals surface area contributed by atoms with Crippen LogP contribution in [0.15, 0.2) is 24.3 Å². The number of anilines is 1. The zero-order chi connectivity index (χ0) is 18.4. The topological polar surface area (TPSA) is 61.9 Å². The number of hydrogen-bond donors (Lipinski definition) is 1. The minimum absolute atomic E-state index is 0.0571. The average Bonchev–Trinajstić information content (AvgIpc) is 2.56. The van der Waals surface area contributed by atoms with Crippen LogP contribution in [0.4, 0.5) is 10.5 Å². The maximum atomic E-state index is 12.6. The molecule has 1 fully saturated rings. The van der Waals surface area contributed by atoms with E-state index in [-0.39, 0.29) is 18.0 Å². The Morgan fingerprint density at radius 2 is 1.96 bits per heavy atom. The molecule has 6 nitrogen and oxygen atoms in total. The van der Waals surface area contributed by atoms with Gasteiger partial charge < -0.3 is 19.9 Å². The largest absolute Gasteiger partial charge is 0.377 e. The fraction of sp³-hybridized carbons (Fsp3) is 0.579. The number of nitrogens with one attached hydrogen (secondary N) is 1. The number of nitrogens with zero attached hydrogens (tertiary/aromatic N) is 2. The number of carbonyl (C=O) groups is 2. The molecule has 0 spiro atoms. The van der Waals surface area contributed by atoms with Crippen molar-refractivity contribution in [1.29, 1.82) is 0 Å². The van der Waals surface area contributed by atoms with Gasteiger partial charge in [0.25, 0.3) is 0 Å². The first-order valence-electron chi connectivity index (χ1n) is 8.81. The molecular weight excluding hydrogens is 318 g/mol. The van der Waals surface area contributed by atoms with Gasteiger partial charge in [0.05, 0.1) is 25.7 Å². The Balaban J connectivity index is 1.96. The van der Waals surface area contributed by atoms with Crippen molar-refractivity contribution in [1.82, 2.24) is 9.80 Å². The Morgan fingerprint density at radius 1 is 1.28 bits per heavy atom. The third-order valence-electron chi connectivity index (χ3n) is 4.29. The van der Waals surface area contributed by atoms with E-state index in [1.807, 2.05) is 29.2 Å². The maximum Gasteiger partial charge on any atom is 0.322 e. The molecule has 0 saturated carbocycles. The zero-order valence-corrected chi connectivity index (χ0v) is 15.6. The maximum absolute atomic E-state index is 12.6. The first-order chi connectivity index (χ1) is 11.9. The molecule has 1 aromatic rings. The highest BCUT2D eigenvalue weighted by atomic mass is 16.5. The fourth-order valence-electron chi connectivity index (χ4n) is 2.90. The normalized spacial score (nSPS) is 17.5. The van der Waals surface area contributed by atoms with E-state index >= 15 is 0 Å². The molecule has 0 aliphatic carbocycles. The third kappa shape index (κ3) is 5.74. The molecule has 1 aromatic carbocycles. The molecule has 1 atom stereocenters. The van der Waals surface area contributed by atoms with E-state index in [0.29, 0.717) is 32.1 Å². The second-order valence-corrected chi connectivity index (χ2v) is 7.14. The van der Waals surface area contributed by atoms with Crippen molar-refractivity contribution in [2.24, 2.45) is 5.92 Å². The molecule has 0 radical (unpaired) electrons. The minimum atomic E-state index is -0.0916. The Morgan fingerprint density at radius 3 is 2.56 bits per heavy atom. The predicted octanol–water partition coefficient (Wildman–Crippen LogP) is 2.60. The second kappa shape index (κ2) is 8.85. The van der Waals surface area contributed by atoms with Gasteiger partial charge in [0.1, 0.15) is 0 Å². The summed E-state index contributed by atoms with van der Waals surface area (Å²) in [6.07, 6.45) is 1.29. The number of benzene rings is 1. The van der Waals surface area contributed by atoms with Gasteiger partial charge >= 0.3 is 6.03 Å². The van der Waals surface area contributed by atoms with Crippen molar-refractivity contribution >= 4 is 17.6 Å². The fourth-order valence-corrected chi connectivity index (χ4v) is 2.90. The first kappa shape index (κ1) is 19.2. The first-order valence-corrected chi connectivity index (χ1v) is 8.81. The Hall–Kier alpha value is -2.08. The molecule has 1 N–H and O–H groups in total. The lowest BCUT2D eigenvalue weighted by atomic mass is 10.0. The molecular formula is C19H29N3O3. The summed E-state index contributed by atoms with van der Waals surface area (Å²) in [5.41, 5.74) is 1.67. The van der Waals surface area contributed by atoms with Gasteiger partial charge in [-0.2, -0.15) is 0 Å². The number of amides is 3. The van der Waals surface area contributed by atoms with Gasteiger partial charge in [-0.3, -0.25) is 4.79 Å². The van der Waals surface area contributed by atoms with E-state index in [9.17, 15) is 9.59 Å². The molecule has 1 aliphatic heterocycles. The van der Waals surface area contributed by atoms with Crippen molar-refractivity contribution in [3.8, 4) is 0 Å². The summed E-state index contributed by atoms with van der Waals surface area (Å²) in [5.74, 6) is 0.567. The smallest absolute Gasteiger partial charge is 0.322 e. The number of morpholine rings is 1. The number of ether oxygens (including phenoxy) is 1. The van der Waals surface area contributed by atoms with Crippen LogP contribution >= 0.6 is 0 Å². The lowest BCUT2D eigenvalue weighted by Gasteiger charge is -2.36. The summed E-state index contributed by atoms with van der Waals surface area (Å²) in [5, 5.41) is 2.95. The minimum Gasteiger partial charge on any atom is -0.377 e. The van der Waals surface area contributed by atoms with Crippen molar-refractivity contribution in [3.63, 3.8) is 0 Å². The monoisotopic (exact) mass is 347 g/mol. The molecule has 138 valence electrons. The van der Waals surface area contributed by atoms with Crippen LogP contribution < -0.4 is 5.32 Å². The van der Waals surface area contributed by atoms with Gasteiger partial charge in [0.15, 0.2) is 0 Å². The van der Waals surface area contributed by atoms with E-state index in [1.165, 1.54) is 0 Å². The van der Waals surface area contributed by atoms with Crippen molar-refractivity contribution < 1.29 is 14.3 Å². The molecule has 25 heavy (non-hydrogen) atoms. The number of hydrogen-bond acceptors (Lipinski definition) is 3. The Kier molecular flexibility index (Phi) is 6.82. The lowest BCUT2D eigenvalue weighted by molar-refractivity contribution is -0.127. The van der Waals surface area contributed by atoms with E-state index < -0.39 is 0 Å². The molecule has 0 aromatic heterocycles. The summed E-state index contributed by atoms with van der Waals surface area (Å²) in [7, 11) is 3.49. The summed E-state index contributed by atoms with van der Waals surface area (Å²) in [6.45, 7) is 6.08. The molecule has 0 bridgehead atoms. The van der Waals surface area contributed by atoms with Crippen molar-refractivity contribution in [2.45, 2.75) is 32.7 Å². The Labute approximate surface area is 150 Å². The highest BCUT2D eigenvalue weighted by Gasteiger charge is 2.27. The van der Waals surface area contributed by atoms with Gasteiger partial charge in [0, 0.05) is 26.3 Å². The van der Waals surface area contributed by atoms with Crippen LogP contribution in [0.1, 0.15) is 25.8 Å². The predicted molar refractivity (Wildman–Crippen MR) is 98.6 cm³/mol. The van der Waals surface area contributed by atoms with Crippen LogP contribution in [0.5, 0.6) is 0 Å². The molecule has 1 heterocycles. The number of urea groups is 1. The number of rotatable bonds is 5. The van der Waals surface area contributed by atoms with Crippen LogP contribution in [0.2, 0.25) is 0 Å². The van der Waals surface area contributed by atoms with Gasteiger partial charge in [0.2, 0.25) is 5.91 Å². The van der Waals surface area contributed by atoms with E-state index in [1.54, 1.807) is 19.0 Å². The van der Waals surface area contributed by atoms with Gasteiger partial charge in [-0.15, -0.1) is 0 Å². The van der Waals surface area contributed by atoms with Crippen molar-refractivity contribution in [3.05, 3.63) is 29.8 Å². The second-order valence-electron chi connectivity index (χ2n) is 7.14. The highest BCUT2D eigenvalue weighted by Crippen LogP contribution is 2.18. The highest BCUT2D eigenvalue weighted by molar-refractivity contribution is 5.89. The standard InChI is InChI=1S/C19H29N3O3/c1-14(2)11-17-13-25-10-9-22(17)19(24)20-16-7-5-15(6-8-16)12-18(23)21(3)4/h5-8,14,17H,9-13H2,1-4H3,(H,20,24). The quantitative estimate of drug-likeness (QED) is 0.890. The SMILES string of the molecule is CC(C)CC1COCCN1C(=O)Nc1ccc(CC(=O)N(C)C)cc1. The van der Waals surface area contributed by atoms with Crippen LogP contribution in [0.3, 0.4) is 0 Å². The summed E-state index contributed by atoms with van der Waals surface area (Å²) in [4.78, 5) is 27.8. The van der Waals surface area contributed by atoms with E-state index in [4.69, 9.17) is 4.74 Å². The molecule has 3 amide bonds.